The molecule has 2 heterocycles. The summed E-state index contributed by atoms with van der Waals surface area (Å²) in [5, 5.41) is 3.72. The van der Waals surface area contributed by atoms with Gasteiger partial charge < -0.3 is 19.5 Å². The first-order valence-corrected chi connectivity index (χ1v) is 12.2. The van der Waals surface area contributed by atoms with Crippen LogP contribution in [0.4, 0.5) is 0 Å². The molecule has 4 rings (SSSR count). The minimum atomic E-state index is -0.415. The lowest BCUT2D eigenvalue weighted by atomic mass is 10.1. The number of carbonyl (C=O) groups is 3. The highest BCUT2D eigenvalue weighted by Crippen LogP contribution is 2.32. The van der Waals surface area contributed by atoms with Gasteiger partial charge in [0.15, 0.2) is 0 Å². The third-order valence-electron chi connectivity index (χ3n) is 5.91. The van der Waals surface area contributed by atoms with E-state index in [2.05, 4.69) is 5.32 Å². The third kappa shape index (κ3) is 5.98. The number of rotatable bonds is 5. The number of hydrogen-bond donors (Lipinski definition) is 1. The molecule has 1 aromatic heterocycles. The van der Waals surface area contributed by atoms with Gasteiger partial charge in [0.25, 0.3) is 11.8 Å². The van der Waals surface area contributed by atoms with E-state index in [0.29, 0.717) is 58.9 Å². The number of carbonyl (C=O) groups excluding carboxylic acids is 3. The van der Waals surface area contributed by atoms with Gasteiger partial charge in [0.05, 0.1) is 5.02 Å². The summed E-state index contributed by atoms with van der Waals surface area (Å²) in [6.07, 6.45) is 1.49. The fraction of sp³-hybridized carbons (Fsp3) is 0.222. The van der Waals surface area contributed by atoms with Gasteiger partial charge in [-0.1, -0.05) is 40.9 Å². The van der Waals surface area contributed by atoms with Crippen LogP contribution in [0, 0.1) is 6.92 Å². The van der Waals surface area contributed by atoms with E-state index >= 15 is 0 Å². The summed E-state index contributed by atoms with van der Waals surface area (Å²) in [4.78, 5) is 41.4. The van der Waals surface area contributed by atoms with E-state index in [1.165, 1.54) is 13.0 Å². The van der Waals surface area contributed by atoms with Crippen molar-refractivity contribution in [3.8, 4) is 11.3 Å². The molecule has 1 aliphatic rings. The molecule has 2 aromatic carbocycles. The van der Waals surface area contributed by atoms with E-state index in [0.717, 1.165) is 5.56 Å². The SMILES string of the molecule is CC(=O)N1CCN(C(=O)C(=Cc2ccc(-c3cc(Cl)ccc3Cl)o2)NC(=O)c2ccc(C)cc2)CC1. The number of halogens is 2. The summed E-state index contributed by atoms with van der Waals surface area (Å²) in [6, 6.07) is 15.5. The lowest BCUT2D eigenvalue weighted by molar-refractivity contribution is -0.136. The standard InChI is InChI=1S/C27H25Cl2N3O4/c1-17-3-5-19(6-4-17)26(34)30-24(27(35)32-13-11-31(12-14-32)18(2)33)16-21-8-10-25(36-21)22-15-20(28)7-9-23(22)29/h3-10,15-16H,11-14H2,1-2H3,(H,30,34). The van der Waals surface area contributed by atoms with Gasteiger partial charge in [0, 0.05) is 55.3 Å². The zero-order valence-corrected chi connectivity index (χ0v) is 21.4. The molecule has 0 spiro atoms. The summed E-state index contributed by atoms with van der Waals surface area (Å²) < 4.78 is 5.93. The average Bonchev–Trinajstić information content (AvgIpc) is 3.33. The van der Waals surface area contributed by atoms with Crippen LogP contribution in [0.1, 0.15) is 28.6 Å². The molecule has 1 fully saturated rings. The predicted octanol–water partition coefficient (Wildman–Crippen LogP) is 5.02. The van der Waals surface area contributed by atoms with Crippen molar-refractivity contribution in [3.05, 3.63) is 87.2 Å². The van der Waals surface area contributed by atoms with Gasteiger partial charge in [-0.3, -0.25) is 14.4 Å². The molecule has 7 nitrogen and oxygen atoms in total. The molecular formula is C27H25Cl2N3O4. The van der Waals surface area contributed by atoms with Crippen molar-refractivity contribution in [1.82, 2.24) is 15.1 Å². The molecule has 0 bridgehead atoms. The van der Waals surface area contributed by atoms with Gasteiger partial charge in [0.1, 0.15) is 17.2 Å². The molecule has 3 amide bonds. The number of benzene rings is 2. The van der Waals surface area contributed by atoms with Gasteiger partial charge in [-0.15, -0.1) is 0 Å². The Balaban J connectivity index is 1.62. The van der Waals surface area contributed by atoms with Crippen LogP contribution in [0.5, 0.6) is 0 Å². The van der Waals surface area contributed by atoms with Crippen molar-refractivity contribution in [2.45, 2.75) is 13.8 Å². The van der Waals surface area contributed by atoms with Crippen molar-refractivity contribution in [2.75, 3.05) is 26.2 Å². The number of hydrogen-bond acceptors (Lipinski definition) is 4. The fourth-order valence-electron chi connectivity index (χ4n) is 3.85. The molecule has 0 radical (unpaired) electrons. The smallest absolute Gasteiger partial charge is 0.270 e. The van der Waals surface area contributed by atoms with Crippen molar-refractivity contribution >= 4 is 47.0 Å². The van der Waals surface area contributed by atoms with E-state index < -0.39 is 5.91 Å². The van der Waals surface area contributed by atoms with Crippen LogP contribution in [0.25, 0.3) is 17.4 Å². The Morgan fingerprint density at radius 2 is 1.58 bits per heavy atom. The Morgan fingerprint density at radius 3 is 2.25 bits per heavy atom. The third-order valence-corrected chi connectivity index (χ3v) is 6.48. The molecule has 1 N–H and O–H groups in total. The highest BCUT2D eigenvalue weighted by molar-refractivity contribution is 6.35. The van der Waals surface area contributed by atoms with Crippen molar-refractivity contribution < 1.29 is 18.8 Å². The average molecular weight is 526 g/mol. The van der Waals surface area contributed by atoms with Gasteiger partial charge >= 0.3 is 0 Å². The quantitative estimate of drug-likeness (QED) is 0.474. The van der Waals surface area contributed by atoms with Crippen LogP contribution in [0.3, 0.4) is 0 Å². The molecule has 0 saturated carbocycles. The van der Waals surface area contributed by atoms with E-state index in [4.69, 9.17) is 27.6 Å². The number of piperazine rings is 1. The van der Waals surface area contributed by atoms with Gasteiger partial charge in [-0.25, -0.2) is 0 Å². The normalized spacial score (nSPS) is 14.1. The van der Waals surface area contributed by atoms with E-state index in [1.807, 2.05) is 19.1 Å². The summed E-state index contributed by atoms with van der Waals surface area (Å²) >= 11 is 12.4. The second kappa shape index (κ2) is 11.0. The number of nitrogens with zero attached hydrogens (tertiary/aromatic N) is 2. The van der Waals surface area contributed by atoms with Gasteiger partial charge in [-0.05, 0) is 49.4 Å². The summed E-state index contributed by atoms with van der Waals surface area (Å²) in [5.41, 5.74) is 2.12. The molecule has 1 saturated heterocycles. The molecule has 9 heteroatoms. The molecule has 186 valence electrons. The lowest BCUT2D eigenvalue weighted by Gasteiger charge is -2.34. The van der Waals surface area contributed by atoms with Crippen LogP contribution in [0.15, 0.2) is 64.7 Å². The first kappa shape index (κ1) is 25.5. The maximum Gasteiger partial charge on any atom is 0.270 e. The minimum Gasteiger partial charge on any atom is -0.457 e. The summed E-state index contributed by atoms with van der Waals surface area (Å²) in [5.74, 6) is 0.0174. The summed E-state index contributed by atoms with van der Waals surface area (Å²) in [7, 11) is 0. The molecule has 0 unspecified atom stereocenters. The highest BCUT2D eigenvalue weighted by atomic mass is 35.5. The Hall–Kier alpha value is -3.55. The first-order valence-electron chi connectivity index (χ1n) is 11.4. The molecule has 36 heavy (non-hydrogen) atoms. The largest absolute Gasteiger partial charge is 0.457 e. The highest BCUT2D eigenvalue weighted by Gasteiger charge is 2.26. The zero-order chi connectivity index (χ0) is 25.8. The maximum atomic E-state index is 13.4. The number of furan rings is 1. The molecule has 3 aromatic rings. The van der Waals surface area contributed by atoms with E-state index in [1.54, 1.807) is 52.3 Å². The molecule has 1 aliphatic heterocycles. The summed E-state index contributed by atoms with van der Waals surface area (Å²) in [6.45, 7) is 5.01. The second-order valence-electron chi connectivity index (χ2n) is 8.50. The second-order valence-corrected chi connectivity index (χ2v) is 9.35. The monoisotopic (exact) mass is 525 g/mol. The lowest BCUT2D eigenvalue weighted by Crippen LogP contribution is -2.51. The first-order chi connectivity index (χ1) is 17.2. The Labute approximate surface area is 219 Å². The number of aryl methyl sites for hydroxylation is 1. The maximum absolute atomic E-state index is 13.4. The Kier molecular flexibility index (Phi) is 7.82. The predicted molar refractivity (Wildman–Crippen MR) is 140 cm³/mol. The Morgan fingerprint density at radius 1 is 0.917 bits per heavy atom. The molecule has 0 atom stereocenters. The van der Waals surface area contributed by atoms with Crippen LogP contribution in [-0.4, -0.2) is 53.7 Å². The van der Waals surface area contributed by atoms with E-state index in [-0.39, 0.29) is 17.5 Å². The zero-order valence-electron chi connectivity index (χ0n) is 19.9. The van der Waals surface area contributed by atoms with Crippen molar-refractivity contribution in [2.24, 2.45) is 0 Å². The van der Waals surface area contributed by atoms with Crippen LogP contribution in [-0.2, 0) is 9.59 Å². The van der Waals surface area contributed by atoms with Crippen LogP contribution < -0.4 is 5.32 Å². The number of amides is 3. The van der Waals surface area contributed by atoms with Gasteiger partial charge in [0.2, 0.25) is 5.91 Å². The molecular weight excluding hydrogens is 501 g/mol. The van der Waals surface area contributed by atoms with E-state index in [9.17, 15) is 14.4 Å². The van der Waals surface area contributed by atoms with Crippen LogP contribution >= 0.6 is 23.2 Å². The molecule has 0 aliphatic carbocycles. The van der Waals surface area contributed by atoms with Gasteiger partial charge in [-0.2, -0.15) is 0 Å². The van der Waals surface area contributed by atoms with Crippen molar-refractivity contribution in [1.29, 1.82) is 0 Å². The minimum absolute atomic E-state index is 0.0340. The fourth-order valence-corrected chi connectivity index (χ4v) is 4.23. The Bertz CT molecular complexity index is 1320. The number of nitrogens with one attached hydrogen (secondary N) is 1. The van der Waals surface area contributed by atoms with Crippen molar-refractivity contribution in [3.63, 3.8) is 0 Å². The topological polar surface area (TPSA) is 82.9 Å². The van der Waals surface area contributed by atoms with Crippen LogP contribution in [0.2, 0.25) is 10.0 Å².